The first-order valence-electron chi connectivity index (χ1n) is 31.8. The van der Waals surface area contributed by atoms with Crippen molar-refractivity contribution in [3.63, 3.8) is 0 Å². The van der Waals surface area contributed by atoms with Crippen LogP contribution in [-0.4, -0.2) is 148 Å². The fourth-order valence-corrected chi connectivity index (χ4v) is 11.0. The van der Waals surface area contributed by atoms with Gasteiger partial charge >= 0.3 is 5.97 Å². The van der Waals surface area contributed by atoms with Crippen molar-refractivity contribution in [1.82, 2.24) is 67.8 Å². The Kier molecular flexibility index (Phi) is 23.0. The zero-order chi connectivity index (χ0) is 73.8. The van der Waals surface area contributed by atoms with Gasteiger partial charge in [-0.3, -0.25) is 52.7 Å². The van der Waals surface area contributed by atoms with E-state index in [1.54, 1.807) is 83.3 Å². The minimum Gasteiger partial charge on any atom is -0.478 e. The zero-order valence-electron chi connectivity index (χ0n) is 57.0. The molecule has 0 unspecified atom stereocenters. The number of unbranched alkanes of at least 4 members (excludes halogenated alkanes) is 4. The number of aryl methyl sites for hydroxylation is 8. The predicted molar refractivity (Wildman–Crippen MR) is 371 cm³/mol. The Labute approximate surface area is 581 Å². The number of halogens is 1. The minimum atomic E-state index is -1.34. The molecule has 0 saturated heterocycles. The van der Waals surface area contributed by atoms with E-state index in [-0.39, 0.29) is 93.0 Å². The summed E-state index contributed by atoms with van der Waals surface area (Å²) in [7, 11) is 12.9. The Morgan fingerprint density at radius 2 is 0.765 bits per heavy atom. The molecule has 0 saturated carbocycles. The van der Waals surface area contributed by atoms with Gasteiger partial charge < -0.3 is 100 Å². The number of carboxylic acid groups (broad SMARTS) is 1. The molecule has 0 spiro atoms. The fraction of sp³-hybridized carbons (Fsp3) is 0.284. The molecule has 9 rings (SSSR count). The SMILES string of the molecule is CC(=O)N[C@H](CCNC(=O)c1cc(NC(=O)c2cc(NC(=O)c3cc(NC(=O)c4nccn4C)cn3C)cn2C)cn1C)C(=O)Nc1cn(C)c(C(=O)Nc2cc(C(=O)Nc3cc(C(=O)Nc4cc(C(=O)NCCCCCCCNC(=O)c5cc(F)cc(C(=O)O)c5)n(C)c4)n(C)c3)n(C)c2)n1. The van der Waals surface area contributed by atoms with Crippen molar-refractivity contribution >= 4 is 111 Å². The van der Waals surface area contributed by atoms with Crippen molar-refractivity contribution in [3.05, 3.63) is 173 Å². The van der Waals surface area contributed by atoms with Gasteiger partial charge in [-0.2, -0.15) is 0 Å². The van der Waals surface area contributed by atoms with Crippen LogP contribution in [0.1, 0.15) is 150 Å². The summed E-state index contributed by atoms with van der Waals surface area (Å²) >= 11 is 0. The molecule has 0 bridgehead atoms. The van der Waals surface area contributed by atoms with E-state index >= 15 is 0 Å². The Morgan fingerprint density at radius 3 is 1.16 bits per heavy atom. The minimum absolute atomic E-state index is 0.0427. The van der Waals surface area contributed by atoms with E-state index in [0.717, 1.165) is 37.5 Å². The van der Waals surface area contributed by atoms with Crippen LogP contribution in [0.15, 0.2) is 110 Å². The van der Waals surface area contributed by atoms with E-state index in [1.807, 2.05) is 0 Å². The van der Waals surface area contributed by atoms with Crippen molar-refractivity contribution in [2.24, 2.45) is 56.4 Å². The summed E-state index contributed by atoms with van der Waals surface area (Å²) in [4.78, 5) is 165. The third-order valence-electron chi connectivity index (χ3n) is 16.1. The molecule has 0 aliphatic carbocycles. The molecule has 11 amide bonds. The van der Waals surface area contributed by atoms with Crippen LogP contribution in [0.4, 0.5) is 44.3 Å². The number of anilines is 7. The summed E-state index contributed by atoms with van der Waals surface area (Å²) < 4.78 is 25.8. The highest BCUT2D eigenvalue weighted by Crippen LogP contribution is 2.24. The number of hydrogen-bond acceptors (Lipinski definition) is 14. The van der Waals surface area contributed by atoms with Gasteiger partial charge in [0.25, 0.3) is 53.2 Å². The Balaban J connectivity index is 0.693. The first kappa shape index (κ1) is 73.1. The summed E-state index contributed by atoms with van der Waals surface area (Å²) in [5, 5.41) is 39.0. The molecule has 9 aromatic rings. The molecule has 35 heteroatoms. The molecule has 12 N–H and O–H groups in total. The summed E-state index contributed by atoms with van der Waals surface area (Å²) in [5.74, 6) is -8.23. The van der Waals surface area contributed by atoms with E-state index in [2.05, 4.69) is 68.5 Å². The molecule has 8 heterocycles. The standard InChI is InChI=1S/C67H76FN21O13/c1-37(90)73-47(15-18-72-60(94)49-25-42(31-84(49)4)75-62(96)51-26-43(32-86(51)6)76-63(97)52-28-45(34-87(52)7)78-65(99)55-69-19-20-82(55)2)58(92)81-54-36-89(9)56(80-54)66(100)79-46-29-53(88(8)35-46)64(98)77-44-27-50(85(5)33-44)61(95)74-41-24-48(83(3)30-41)59(93)71-17-14-12-10-11-13-16-70-57(91)38-21-39(67(101)102)23-40(68)22-38/h19-36,47H,10-18H2,1-9H3,(H,70,91)(H,71,93)(H,72,94)(H,73,90)(H,74,95)(H,75,96)(H,76,97)(H,77,98)(H,78,99)(H,79,100)(H,81,92)(H,101,102)/t47-/m1/s1. The first-order chi connectivity index (χ1) is 48.5. The molecule has 102 heavy (non-hydrogen) atoms. The van der Waals surface area contributed by atoms with Crippen molar-refractivity contribution < 1.29 is 67.0 Å². The van der Waals surface area contributed by atoms with Crippen LogP contribution in [0.5, 0.6) is 0 Å². The number of imidazole rings is 2. The molecule has 0 radical (unpaired) electrons. The van der Waals surface area contributed by atoms with Gasteiger partial charge in [0.1, 0.15) is 46.0 Å². The van der Waals surface area contributed by atoms with Gasteiger partial charge in [0.15, 0.2) is 11.6 Å². The number of nitrogens with zero attached hydrogens (tertiary/aromatic N) is 10. The van der Waals surface area contributed by atoms with Crippen molar-refractivity contribution in [3.8, 4) is 0 Å². The van der Waals surface area contributed by atoms with Gasteiger partial charge in [0.2, 0.25) is 17.6 Å². The highest BCUT2D eigenvalue weighted by molar-refractivity contribution is 6.11. The fourth-order valence-electron chi connectivity index (χ4n) is 11.0. The smallest absolute Gasteiger partial charge is 0.335 e. The van der Waals surface area contributed by atoms with E-state index in [4.69, 9.17) is 5.11 Å². The van der Waals surface area contributed by atoms with Gasteiger partial charge in [-0.05, 0) is 73.9 Å². The lowest BCUT2D eigenvalue weighted by Gasteiger charge is -2.17. The average Bonchev–Trinajstić information content (AvgIpc) is 1.66. The molecule has 34 nitrogen and oxygen atoms in total. The molecule has 0 aliphatic heterocycles. The maximum atomic E-state index is 13.8. The molecule has 1 aromatic carbocycles. The molecule has 534 valence electrons. The van der Waals surface area contributed by atoms with Crippen LogP contribution >= 0.6 is 0 Å². The highest BCUT2D eigenvalue weighted by atomic mass is 19.1. The van der Waals surface area contributed by atoms with E-state index < -0.39 is 76.9 Å². The van der Waals surface area contributed by atoms with Gasteiger partial charge in [-0.25, -0.2) is 19.2 Å². The normalized spacial score (nSPS) is 11.3. The van der Waals surface area contributed by atoms with Crippen LogP contribution in [0.3, 0.4) is 0 Å². The second kappa shape index (κ2) is 32.0. The van der Waals surface area contributed by atoms with E-state index in [9.17, 15) is 61.9 Å². The number of aromatic carboxylic acids is 1. The number of hydrogen-bond donors (Lipinski definition) is 12. The second-order valence-corrected chi connectivity index (χ2v) is 24.1. The predicted octanol–water partition coefficient (Wildman–Crippen LogP) is 4.91. The third kappa shape index (κ3) is 18.4. The third-order valence-corrected chi connectivity index (χ3v) is 16.1. The van der Waals surface area contributed by atoms with Crippen molar-refractivity contribution in [2.75, 3.05) is 56.9 Å². The number of amides is 11. The molecule has 0 fully saturated rings. The van der Waals surface area contributed by atoms with Crippen LogP contribution in [0.2, 0.25) is 0 Å². The maximum Gasteiger partial charge on any atom is 0.335 e. The zero-order valence-corrected chi connectivity index (χ0v) is 57.0. The summed E-state index contributed by atoms with van der Waals surface area (Å²) in [5.41, 5.74) is 2.52. The van der Waals surface area contributed by atoms with Crippen LogP contribution in [0, 0.1) is 5.82 Å². The number of benzene rings is 1. The van der Waals surface area contributed by atoms with Crippen LogP contribution in [-0.2, 0) is 66.0 Å². The van der Waals surface area contributed by atoms with Gasteiger partial charge in [0, 0.05) is 144 Å². The van der Waals surface area contributed by atoms with Gasteiger partial charge in [-0.1, -0.05) is 19.3 Å². The van der Waals surface area contributed by atoms with Crippen molar-refractivity contribution in [2.45, 2.75) is 51.5 Å². The molecule has 1 atom stereocenters. The number of aromatic nitrogens is 10. The van der Waals surface area contributed by atoms with Gasteiger partial charge in [-0.15, -0.1) is 0 Å². The number of carbonyl (C=O) groups excluding carboxylic acids is 11. The average molecular weight is 1400 g/mol. The largest absolute Gasteiger partial charge is 0.478 e. The Morgan fingerprint density at radius 1 is 0.402 bits per heavy atom. The Bertz CT molecular complexity index is 4760. The molecular formula is C67H76FN21O13. The maximum absolute atomic E-state index is 13.8. The lowest BCUT2D eigenvalue weighted by atomic mass is 10.1. The number of carboxylic acids is 1. The van der Waals surface area contributed by atoms with Crippen LogP contribution in [0.25, 0.3) is 0 Å². The second-order valence-electron chi connectivity index (χ2n) is 24.1. The monoisotopic (exact) mass is 1400 g/mol. The summed E-state index contributed by atoms with van der Waals surface area (Å²) in [6.45, 7) is 1.82. The van der Waals surface area contributed by atoms with Crippen molar-refractivity contribution in [1.29, 1.82) is 0 Å². The highest BCUT2D eigenvalue weighted by Gasteiger charge is 2.26. The molecular weight excluding hydrogens is 1330 g/mol. The lowest BCUT2D eigenvalue weighted by molar-refractivity contribution is -0.125. The summed E-state index contributed by atoms with van der Waals surface area (Å²) in [6.07, 6.45) is 17.4. The topological polar surface area (TPSA) is 423 Å². The number of carbonyl (C=O) groups is 12. The number of rotatable bonds is 30. The summed E-state index contributed by atoms with van der Waals surface area (Å²) in [6, 6.07) is 10.6. The number of nitrogens with one attached hydrogen (secondary N) is 11. The molecule has 0 aliphatic rings. The van der Waals surface area contributed by atoms with E-state index in [0.29, 0.717) is 48.7 Å². The molecule has 8 aromatic heterocycles. The van der Waals surface area contributed by atoms with Crippen LogP contribution < -0.4 is 58.5 Å². The lowest BCUT2D eigenvalue weighted by Crippen LogP contribution is -2.45. The van der Waals surface area contributed by atoms with E-state index in [1.165, 1.54) is 109 Å². The first-order valence-corrected chi connectivity index (χ1v) is 31.8. The van der Waals surface area contributed by atoms with Gasteiger partial charge in [0.05, 0.1) is 39.7 Å². The quantitative estimate of drug-likeness (QED) is 0.0266. The Hall–Kier alpha value is -13.1.